The van der Waals surface area contributed by atoms with Gasteiger partial charge in [0.25, 0.3) is 0 Å². The standard InChI is InChI=1S/C27H33N3O/c1-2-29-13-15-30(16-14-29)27-25-6-4-3-5-24(25)20-26(28-27)23-9-7-21(8-10-23)19-22-11-17-31-18-12-22/h3-10,20,22H,2,11-19H2,1H3. The van der Waals surface area contributed by atoms with Crippen molar-refractivity contribution < 1.29 is 4.74 Å². The van der Waals surface area contributed by atoms with Gasteiger partial charge in [0.05, 0.1) is 5.69 Å². The van der Waals surface area contributed by atoms with E-state index in [2.05, 4.69) is 71.3 Å². The van der Waals surface area contributed by atoms with E-state index in [-0.39, 0.29) is 0 Å². The summed E-state index contributed by atoms with van der Waals surface area (Å²) >= 11 is 0. The first-order chi connectivity index (χ1) is 15.3. The summed E-state index contributed by atoms with van der Waals surface area (Å²) in [7, 11) is 0. The number of anilines is 1. The van der Waals surface area contributed by atoms with Gasteiger partial charge in [-0.15, -0.1) is 0 Å². The Hall–Kier alpha value is -2.43. The van der Waals surface area contributed by atoms with E-state index < -0.39 is 0 Å². The number of benzene rings is 2. The lowest BCUT2D eigenvalue weighted by Gasteiger charge is -2.35. The van der Waals surface area contributed by atoms with Crippen LogP contribution in [-0.2, 0) is 11.2 Å². The molecule has 1 aromatic heterocycles. The maximum atomic E-state index is 5.51. The SMILES string of the molecule is CCN1CCN(c2nc(-c3ccc(CC4CCOCC4)cc3)cc3ccccc23)CC1. The second kappa shape index (κ2) is 9.37. The number of fused-ring (bicyclic) bond motifs is 1. The summed E-state index contributed by atoms with van der Waals surface area (Å²) < 4.78 is 5.51. The Kier molecular flexibility index (Phi) is 6.19. The van der Waals surface area contributed by atoms with E-state index in [1.807, 2.05) is 0 Å². The Morgan fingerprint density at radius 3 is 2.42 bits per heavy atom. The second-order valence-corrected chi connectivity index (χ2v) is 8.93. The number of aromatic nitrogens is 1. The number of ether oxygens (including phenoxy) is 1. The fourth-order valence-corrected chi connectivity index (χ4v) is 4.94. The van der Waals surface area contributed by atoms with Gasteiger partial charge in [-0.2, -0.15) is 0 Å². The van der Waals surface area contributed by atoms with Gasteiger partial charge in [0, 0.05) is 50.3 Å². The number of piperazine rings is 1. The van der Waals surface area contributed by atoms with Gasteiger partial charge in [-0.25, -0.2) is 4.98 Å². The zero-order valence-electron chi connectivity index (χ0n) is 18.6. The van der Waals surface area contributed by atoms with Crippen LogP contribution < -0.4 is 4.90 Å². The molecule has 5 rings (SSSR count). The molecule has 31 heavy (non-hydrogen) atoms. The first-order valence-corrected chi connectivity index (χ1v) is 11.8. The Labute approximate surface area is 185 Å². The van der Waals surface area contributed by atoms with Crippen LogP contribution in [0.5, 0.6) is 0 Å². The zero-order valence-corrected chi connectivity index (χ0v) is 18.6. The molecule has 0 amide bonds. The first-order valence-electron chi connectivity index (χ1n) is 11.8. The molecule has 2 aliphatic heterocycles. The predicted molar refractivity (Wildman–Crippen MR) is 129 cm³/mol. The summed E-state index contributed by atoms with van der Waals surface area (Å²) in [6.07, 6.45) is 3.52. The van der Waals surface area contributed by atoms with E-state index in [4.69, 9.17) is 9.72 Å². The van der Waals surface area contributed by atoms with Crippen LogP contribution in [0, 0.1) is 5.92 Å². The van der Waals surface area contributed by atoms with Crippen LogP contribution in [0.2, 0.25) is 0 Å². The van der Waals surface area contributed by atoms with Crippen LogP contribution in [0.4, 0.5) is 5.82 Å². The summed E-state index contributed by atoms with van der Waals surface area (Å²) in [5, 5.41) is 2.53. The topological polar surface area (TPSA) is 28.6 Å². The molecule has 0 radical (unpaired) electrons. The van der Waals surface area contributed by atoms with E-state index in [1.165, 1.54) is 34.7 Å². The van der Waals surface area contributed by atoms with Crippen molar-refractivity contribution in [3.8, 4) is 11.3 Å². The third-order valence-corrected chi connectivity index (χ3v) is 6.95. The van der Waals surface area contributed by atoms with Crippen LogP contribution in [0.1, 0.15) is 25.3 Å². The quantitative estimate of drug-likeness (QED) is 0.585. The molecule has 4 nitrogen and oxygen atoms in total. The molecule has 2 aliphatic rings. The minimum Gasteiger partial charge on any atom is -0.381 e. The molecule has 0 spiro atoms. The van der Waals surface area contributed by atoms with Crippen LogP contribution >= 0.6 is 0 Å². The van der Waals surface area contributed by atoms with Crippen molar-refractivity contribution in [2.75, 3.05) is 50.8 Å². The molecule has 4 heteroatoms. The normalized spacial score (nSPS) is 18.5. The molecule has 0 bridgehead atoms. The van der Waals surface area contributed by atoms with Crippen LogP contribution in [0.3, 0.4) is 0 Å². The van der Waals surface area contributed by atoms with E-state index >= 15 is 0 Å². The van der Waals surface area contributed by atoms with E-state index in [0.29, 0.717) is 0 Å². The molecule has 2 fully saturated rings. The molecule has 3 heterocycles. The molecule has 162 valence electrons. The van der Waals surface area contributed by atoms with Gasteiger partial charge in [-0.05, 0) is 48.7 Å². The molecular formula is C27H33N3O. The van der Waals surface area contributed by atoms with Gasteiger partial charge in [0.1, 0.15) is 5.82 Å². The van der Waals surface area contributed by atoms with Gasteiger partial charge in [-0.1, -0.05) is 55.5 Å². The second-order valence-electron chi connectivity index (χ2n) is 8.93. The zero-order chi connectivity index (χ0) is 21.0. The predicted octanol–water partition coefficient (Wildman–Crippen LogP) is 5.01. The molecule has 3 aromatic rings. The van der Waals surface area contributed by atoms with Crippen LogP contribution in [-0.4, -0.2) is 55.8 Å². The summed E-state index contributed by atoms with van der Waals surface area (Å²) in [5.41, 5.74) is 3.70. The smallest absolute Gasteiger partial charge is 0.137 e. The van der Waals surface area contributed by atoms with Gasteiger partial charge in [-0.3, -0.25) is 0 Å². The van der Waals surface area contributed by atoms with E-state index in [0.717, 1.165) is 69.8 Å². The summed E-state index contributed by atoms with van der Waals surface area (Å²) in [5.74, 6) is 1.89. The lowest BCUT2D eigenvalue weighted by Crippen LogP contribution is -2.46. The van der Waals surface area contributed by atoms with E-state index in [1.54, 1.807) is 0 Å². The summed E-state index contributed by atoms with van der Waals surface area (Å²) in [6.45, 7) is 9.50. The molecule has 2 aromatic carbocycles. The largest absolute Gasteiger partial charge is 0.381 e. The highest BCUT2D eigenvalue weighted by molar-refractivity contribution is 5.95. The Bertz CT molecular complexity index is 1000. The summed E-state index contributed by atoms with van der Waals surface area (Å²) in [4.78, 5) is 10.2. The van der Waals surface area contributed by atoms with Gasteiger partial charge in [0.15, 0.2) is 0 Å². The molecule has 0 aliphatic carbocycles. The maximum Gasteiger partial charge on any atom is 0.137 e. The van der Waals surface area contributed by atoms with Crippen molar-refractivity contribution in [1.29, 1.82) is 0 Å². The molecule has 0 unspecified atom stereocenters. The number of nitrogens with zero attached hydrogens (tertiary/aromatic N) is 3. The molecule has 0 saturated carbocycles. The maximum absolute atomic E-state index is 5.51. The minimum atomic E-state index is 0.756. The Morgan fingerprint density at radius 2 is 1.68 bits per heavy atom. The third-order valence-electron chi connectivity index (χ3n) is 6.95. The Morgan fingerprint density at radius 1 is 0.935 bits per heavy atom. The van der Waals surface area contributed by atoms with Gasteiger partial charge < -0.3 is 14.5 Å². The molecule has 0 N–H and O–H groups in total. The number of hydrogen-bond donors (Lipinski definition) is 0. The average Bonchev–Trinajstić information content (AvgIpc) is 2.84. The van der Waals surface area contributed by atoms with Crippen LogP contribution in [0.15, 0.2) is 54.6 Å². The number of hydrogen-bond acceptors (Lipinski definition) is 4. The van der Waals surface area contributed by atoms with Crippen LogP contribution in [0.25, 0.3) is 22.0 Å². The fourth-order valence-electron chi connectivity index (χ4n) is 4.94. The number of likely N-dealkylation sites (N-methyl/N-ethyl adjacent to an activating group) is 1. The molecule has 2 saturated heterocycles. The molecule has 0 atom stereocenters. The van der Waals surface area contributed by atoms with Crippen molar-refractivity contribution >= 4 is 16.6 Å². The van der Waals surface area contributed by atoms with Crippen molar-refractivity contribution in [3.05, 3.63) is 60.2 Å². The highest BCUT2D eigenvalue weighted by atomic mass is 16.5. The van der Waals surface area contributed by atoms with Crippen molar-refractivity contribution in [2.24, 2.45) is 5.92 Å². The van der Waals surface area contributed by atoms with Crippen molar-refractivity contribution in [1.82, 2.24) is 9.88 Å². The third kappa shape index (κ3) is 4.60. The van der Waals surface area contributed by atoms with Gasteiger partial charge in [0.2, 0.25) is 0 Å². The number of pyridine rings is 1. The average molecular weight is 416 g/mol. The summed E-state index contributed by atoms with van der Waals surface area (Å²) in [6, 6.07) is 20.0. The lowest BCUT2D eigenvalue weighted by atomic mass is 9.92. The Balaban J connectivity index is 1.42. The van der Waals surface area contributed by atoms with Crippen molar-refractivity contribution in [2.45, 2.75) is 26.2 Å². The molecular weight excluding hydrogens is 382 g/mol. The monoisotopic (exact) mass is 415 g/mol. The fraction of sp³-hybridized carbons (Fsp3) is 0.444. The minimum absolute atomic E-state index is 0.756. The van der Waals surface area contributed by atoms with Crippen molar-refractivity contribution in [3.63, 3.8) is 0 Å². The first kappa shape index (κ1) is 20.5. The highest BCUT2D eigenvalue weighted by Gasteiger charge is 2.20. The highest BCUT2D eigenvalue weighted by Crippen LogP contribution is 2.31. The van der Waals surface area contributed by atoms with Gasteiger partial charge >= 0.3 is 0 Å². The van der Waals surface area contributed by atoms with E-state index in [9.17, 15) is 0 Å². The lowest BCUT2D eigenvalue weighted by molar-refractivity contribution is 0.0665. The number of rotatable bonds is 5.